The molecule has 162 valence electrons. The Morgan fingerprint density at radius 1 is 1.00 bits per heavy atom. The van der Waals surface area contributed by atoms with Crippen LogP contribution in [0.4, 0.5) is 0 Å². The third kappa shape index (κ3) is 4.75. The maximum atomic E-state index is 13.1. The Morgan fingerprint density at radius 2 is 1.70 bits per heavy atom. The zero-order valence-electron chi connectivity index (χ0n) is 17.7. The lowest BCUT2D eigenvalue weighted by molar-refractivity contribution is 0.0307. The normalized spacial score (nSPS) is 20.8. The van der Waals surface area contributed by atoms with E-state index < -0.39 is 10.0 Å². The molecule has 0 atom stereocenters. The molecule has 3 heterocycles. The van der Waals surface area contributed by atoms with Crippen molar-refractivity contribution < 1.29 is 13.2 Å². The van der Waals surface area contributed by atoms with Gasteiger partial charge in [0.05, 0.1) is 18.1 Å². The quantitative estimate of drug-likeness (QED) is 0.731. The molecule has 4 rings (SSSR count). The first-order valence-corrected chi connectivity index (χ1v) is 12.2. The van der Waals surface area contributed by atoms with E-state index in [9.17, 15) is 8.42 Å². The van der Waals surface area contributed by atoms with Gasteiger partial charge in [-0.1, -0.05) is 19.1 Å². The van der Waals surface area contributed by atoms with Gasteiger partial charge in [0.1, 0.15) is 0 Å². The summed E-state index contributed by atoms with van der Waals surface area (Å²) in [5.41, 5.74) is 2.41. The van der Waals surface area contributed by atoms with Crippen molar-refractivity contribution in [3.63, 3.8) is 0 Å². The number of rotatable bonds is 5. The van der Waals surface area contributed by atoms with Gasteiger partial charge in [-0.05, 0) is 54.7 Å². The lowest BCUT2D eigenvalue weighted by atomic mass is 9.79. The summed E-state index contributed by atoms with van der Waals surface area (Å²) in [6, 6.07) is 11.4. The Balaban J connectivity index is 1.42. The molecular formula is C23H31N3O3S. The standard InChI is InChI=1S/C23H31N3O3S/c1-2-20-3-5-22(6-4-20)30(27,28)26-13-9-23(10-14-26)18-25(15-16-29-19-23)17-21-7-11-24-12-8-21/h3-8,11-12H,2,9-10,13-19H2,1H3. The molecule has 1 spiro atoms. The van der Waals surface area contributed by atoms with Crippen molar-refractivity contribution >= 4 is 10.0 Å². The third-order valence-electron chi connectivity index (χ3n) is 6.43. The molecule has 1 aromatic carbocycles. The SMILES string of the molecule is CCc1ccc(S(=O)(=O)N2CCC3(CC2)COCCN(Cc2ccncc2)C3)cc1. The largest absolute Gasteiger partial charge is 0.379 e. The maximum absolute atomic E-state index is 13.1. The van der Waals surface area contributed by atoms with Crippen LogP contribution in [0.25, 0.3) is 0 Å². The fourth-order valence-electron chi connectivity index (χ4n) is 4.51. The lowest BCUT2D eigenvalue weighted by Crippen LogP contribution is -2.48. The summed E-state index contributed by atoms with van der Waals surface area (Å²) < 4.78 is 33.8. The van der Waals surface area contributed by atoms with E-state index >= 15 is 0 Å². The molecule has 0 saturated carbocycles. The van der Waals surface area contributed by atoms with Crippen molar-refractivity contribution in [1.29, 1.82) is 0 Å². The van der Waals surface area contributed by atoms with Gasteiger partial charge in [-0.15, -0.1) is 0 Å². The van der Waals surface area contributed by atoms with Crippen molar-refractivity contribution in [3.8, 4) is 0 Å². The molecule has 2 aliphatic rings. The highest BCUT2D eigenvalue weighted by Crippen LogP contribution is 2.36. The van der Waals surface area contributed by atoms with Crippen molar-refractivity contribution in [2.24, 2.45) is 5.41 Å². The summed E-state index contributed by atoms with van der Waals surface area (Å²) in [4.78, 5) is 6.94. The second-order valence-electron chi connectivity index (χ2n) is 8.52. The van der Waals surface area contributed by atoms with Crippen LogP contribution in [0.1, 0.15) is 30.9 Å². The Kier molecular flexibility index (Phi) is 6.53. The van der Waals surface area contributed by atoms with Crippen LogP contribution in [0.3, 0.4) is 0 Å². The van der Waals surface area contributed by atoms with Crippen LogP contribution < -0.4 is 0 Å². The van der Waals surface area contributed by atoms with Gasteiger partial charge in [0, 0.05) is 50.5 Å². The zero-order chi connectivity index (χ0) is 21.0. The van der Waals surface area contributed by atoms with Crippen LogP contribution in [0.5, 0.6) is 0 Å². The monoisotopic (exact) mass is 429 g/mol. The predicted molar refractivity (Wildman–Crippen MR) is 117 cm³/mol. The van der Waals surface area contributed by atoms with E-state index in [0.717, 1.165) is 51.1 Å². The summed E-state index contributed by atoms with van der Waals surface area (Å²) >= 11 is 0. The Labute approximate surface area is 179 Å². The molecule has 0 N–H and O–H groups in total. The fourth-order valence-corrected chi connectivity index (χ4v) is 5.95. The van der Waals surface area contributed by atoms with Crippen LogP contribution in [0.15, 0.2) is 53.7 Å². The summed E-state index contributed by atoms with van der Waals surface area (Å²) in [6.45, 7) is 7.30. The third-order valence-corrected chi connectivity index (χ3v) is 8.34. The summed E-state index contributed by atoms with van der Waals surface area (Å²) in [5, 5.41) is 0. The average molecular weight is 430 g/mol. The molecule has 2 fully saturated rings. The van der Waals surface area contributed by atoms with E-state index in [4.69, 9.17) is 4.74 Å². The maximum Gasteiger partial charge on any atom is 0.243 e. The second kappa shape index (κ2) is 9.14. The smallest absolute Gasteiger partial charge is 0.243 e. The Bertz CT molecular complexity index is 924. The van der Waals surface area contributed by atoms with Gasteiger partial charge in [0.2, 0.25) is 10.0 Å². The fraction of sp³-hybridized carbons (Fsp3) is 0.522. The highest BCUT2D eigenvalue weighted by molar-refractivity contribution is 7.89. The summed E-state index contributed by atoms with van der Waals surface area (Å²) in [7, 11) is -3.44. The number of pyridine rings is 1. The molecule has 2 saturated heterocycles. The number of hydrogen-bond donors (Lipinski definition) is 0. The van der Waals surface area contributed by atoms with Crippen LogP contribution in [0, 0.1) is 5.41 Å². The molecule has 0 radical (unpaired) electrons. The average Bonchev–Trinajstić information content (AvgIpc) is 2.96. The molecule has 30 heavy (non-hydrogen) atoms. The van der Waals surface area contributed by atoms with Gasteiger partial charge in [-0.25, -0.2) is 8.42 Å². The summed E-state index contributed by atoms with van der Waals surface area (Å²) in [6.07, 6.45) is 6.21. The van der Waals surface area contributed by atoms with Crippen LogP contribution in [0.2, 0.25) is 0 Å². The minimum atomic E-state index is -3.44. The summed E-state index contributed by atoms with van der Waals surface area (Å²) in [5.74, 6) is 0. The molecule has 6 nitrogen and oxygen atoms in total. The number of nitrogens with zero attached hydrogens (tertiary/aromatic N) is 3. The van der Waals surface area contributed by atoms with Gasteiger partial charge in [0.15, 0.2) is 0 Å². The highest BCUT2D eigenvalue weighted by Gasteiger charge is 2.41. The van der Waals surface area contributed by atoms with E-state index in [2.05, 4.69) is 28.9 Å². The number of hydrogen-bond acceptors (Lipinski definition) is 5. The van der Waals surface area contributed by atoms with Gasteiger partial charge in [0.25, 0.3) is 0 Å². The first-order valence-electron chi connectivity index (χ1n) is 10.8. The van der Waals surface area contributed by atoms with Gasteiger partial charge < -0.3 is 4.74 Å². The molecule has 0 bridgehead atoms. The molecule has 0 amide bonds. The van der Waals surface area contributed by atoms with Crippen molar-refractivity contribution in [2.45, 2.75) is 37.6 Å². The second-order valence-corrected chi connectivity index (χ2v) is 10.5. The van der Waals surface area contributed by atoms with Crippen LogP contribution >= 0.6 is 0 Å². The Morgan fingerprint density at radius 3 is 2.37 bits per heavy atom. The number of aromatic nitrogens is 1. The first kappa shape index (κ1) is 21.4. The van der Waals surface area contributed by atoms with E-state index in [0.29, 0.717) is 24.6 Å². The molecular weight excluding hydrogens is 398 g/mol. The van der Waals surface area contributed by atoms with E-state index in [1.807, 2.05) is 24.5 Å². The molecule has 7 heteroatoms. The molecule has 0 aliphatic carbocycles. The number of sulfonamides is 1. The van der Waals surface area contributed by atoms with Crippen LogP contribution in [-0.2, 0) is 27.7 Å². The zero-order valence-corrected chi connectivity index (χ0v) is 18.5. The van der Waals surface area contributed by atoms with Gasteiger partial charge in [-0.3, -0.25) is 9.88 Å². The molecule has 1 aromatic heterocycles. The van der Waals surface area contributed by atoms with E-state index in [1.54, 1.807) is 16.4 Å². The van der Waals surface area contributed by atoms with E-state index in [-0.39, 0.29) is 5.41 Å². The molecule has 2 aromatic rings. The number of ether oxygens (including phenoxy) is 1. The minimum Gasteiger partial charge on any atom is -0.379 e. The molecule has 2 aliphatic heterocycles. The molecule has 0 unspecified atom stereocenters. The predicted octanol–water partition coefficient (Wildman–Crippen LogP) is 2.95. The van der Waals surface area contributed by atoms with Gasteiger partial charge in [-0.2, -0.15) is 4.31 Å². The number of piperidine rings is 1. The first-order chi connectivity index (χ1) is 14.5. The minimum absolute atomic E-state index is 0.0155. The highest BCUT2D eigenvalue weighted by atomic mass is 32.2. The van der Waals surface area contributed by atoms with Gasteiger partial charge >= 0.3 is 0 Å². The van der Waals surface area contributed by atoms with E-state index in [1.165, 1.54) is 5.56 Å². The van der Waals surface area contributed by atoms with Crippen molar-refractivity contribution in [1.82, 2.24) is 14.2 Å². The van der Waals surface area contributed by atoms with Crippen molar-refractivity contribution in [2.75, 3.05) is 39.4 Å². The van der Waals surface area contributed by atoms with Crippen molar-refractivity contribution in [3.05, 3.63) is 59.9 Å². The number of benzene rings is 1. The van der Waals surface area contributed by atoms with Crippen LogP contribution in [-0.4, -0.2) is 62.0 Å². The Hall–Kier alpha value is -1.80. The topological polar surface area (TPSA) is 62.7 Å². The number of aryl methyl sites for hydroxylation is 1. The lowest BCUT2D eigenvalue weighted by Gasteiger charge is -2.42.